The van der Waals surface area contributed by atoms with Gasteiger partial charge < -0.3 is 0 Å². The molecule has 0 radical (unpaired) electrons. The second-order valence-electron chi connectivity index (χ2n) is 7.67. The standard InChI is InChI=1S/C12H7Cl2N3.C12H9N3O2.Cl3OP/c13-11-10-9(8-4-2-1-3-5-8)6-7-17(10)16-12(14)15-11;16-11-10-9(8-4-2-1-3-5-8)6-7-15(10)14-12(17)13-11;1-5(2,3)4/h1-7H;1-7H,(H2,13,14,16,17);. The van der Waals surface area contributed by atoms with Crippen LogP contribution in [0, 0.1) is 0 Å². The van der Waals surface area contributed by atoms with Gasteiger partial charge in [-0.25, -0.2) is 19.4 Å². The summed E-state index contributed by atoms with van der Waals surface area (Å²) < 4.78 is 12.6. The first-order valence-corrected chi connectivity index (χ1v) is 16.0. The summed E-state index contributed by atoms with van der Waals surface area (Å²) in [5, 5.41) is 3.87. The van der Waals surface area contributed by atoms with E-state index in [0.29, 0.717) is 10.7 Å². The molecule has 0 aliphatic rings. The van der Waals surface area contributed by atoms with E-state index in [1.54, 1.807) is 16.8 Å². The number of hydrogen-bond acceptors (Lipinski definition) is 5. The Morgan fingerprint density at radius 3 is 1.82 bits per heavy atom. The van der Waals surface area contributed by atoms with Crippen LogP contribution in [0.2, 0.25) is 10.4 Å². The van der Waals surface area contributed by atoms with Crippen LogP contribution in [0.4, 0.5) is 0 Å². The van der Waals surface area contributed by atoms with Crippen molar-refractivity contribution in [1.82, 2.24) is 29.2 Å². The van der Waals surface area contributed by atoms with Crippen molar-refractivity contribution < 1.29 is 4.57 Å². The fourth-order valence-corrected chi connectivity index (χ4v) is 4.19. The molecule has 6 rings (SSSR count). The van der Waals surface area contributed by atoms with E-state index in [1.807, 2.05) is 72.9 Å². The van der Waals surface area contributed by atoms with Gasteiger partial charge in [0.15, 0.2) is 5.15 Å². The zero-order valence-corrected chi connectivity index (χ0v) is 24.1. The Hall–Kier alpha value is -3.04. The molecule has 2 N–H and O–H groups in total. The van der Waals surface area contributed by atoms with Gasteiger partial charge in [0.1, 0.15) is 11.0 Å². The fraction of sp³-hybridized carbons (Fsp3) is 0. The summed E-state index contributed by atoms with van der Waals surface area (Å²) in [7, 11) is 0. The molecule has 4 heterocycles. The van der Waals surface area contributed by atoms with Gasteiger partial charge in [-0.15, -0.1) is 5.10 Å². The van der Waals surface area contributed by atoms with Crippen molar-refractivity contribution in [3.63, 3.8) is 0 Å². The van der Waals surface area contributed by atoms with Crippen LogP contribution in [0.3, 0.4) is 0 Å². The molecule has 0 bridgehead atoms. The summed E-state index contributed by atoms with van der Waals surface area (Å²) in [6.07, 6.45) is 3.48. The summed E-state index contributed by atoms with van der Waals surface area (Å²) in [6.45, 7) is 0. The summed E-state index contributed by atoms with van der Waals surface area (Å²) in [5.41, 5.74) is 4.10. The number of benzene rings is 2. The number of nitrogens with zero attached hydrogens (tertiary/aromatic N) is 4. The molecule has 4 aromatic heterocycles. The third-order valence-electron chi connectivity index (χ3n) is 5.16. The maximum atomic E-state index is 11.8. The van der Waals surface area contributed by atoms with Crippen molar-refractivity contribution in [2.45, 2.75) is 0 Å². The quantitative estimate of drug-likeness (QED) is 0.189. The van der Waals surface area contributed by atoms with E-state index < -0.39 is 16.4 Å². The topological polar surface area (TPSA) is 117 Å². The van der Waals surface area contributed by atoms with Crippen LogP contribution in [0.5, 0.6) is 0 Å². The van der Waals surface area contributed by atoms with Gasteiger partial charge in [-0.1, -0.05) is 72.3 Å². The Morgan fingerprint density at radius 1 is 0.744 bits per heavy atom. The lowest BCUT2D eigenvalue weighted by molar-refractivity contribution is 0.600. The molecule has 39 heavy (non-hydrogen) atoms. The van der Waals surface area contributed by atoms with Crippen LogP contribution in [-0.2, 0) is 4.57 Å². The monoisotopic (exact) mass is 642 g/mol. The van der Waals surface area contributed by atoms with E-state index in [9.17, 15) is 14.2 Å². The molecule has 0 unspecified atom stereocenters. The average molecular weight is 645 g/mol. The Bertz CT molecular complexity index is 1890. The van der Waals surface area contributed by atoms with Gasteiger partial charge in [-0.3, -0.25) is 18.9 Å². The highest BCUT2D eigenvalue weighted by Gasteiger charge is 2.12. The van der Waals surface area contributed by atoms with Crippen molar-refractivity contribution in [2.24, 2.45) is 0 Å². The molecule has 15 heteroatoms. The third-order valence-corrected chi connectivity index (χ3v) is 5.59. The summed E-state index contributed by atoms with van der Waals surface area (Å²) in [4.78, 5) is 29.1. The Balaban J connectivity index is 0.000000155. The summed E-state index contributed by atoms with van der Waals surface area (Å²) in [5.74, 6) is 0. The highest BCUT2D eigenvalue weighted by Crippen LogP contribution is 2.61. The number of nitrogens with one attached hydrogen (secondary N) is 2. The number of rotatable bonds is 2. The number of H-pyrrole nitrogens is 2. The van der Waals surface area contributed by atoms with Gasteiger partial charge in [0.2, 0.25) is 5.28 Å². The van der Waals surface area contributed by atoms with Gasteiger partial charge in [0, 0.05) is 23.5 Å². The molecule has 0 spiro atoms. The first-order valence-electron chi connectivity index (χ1n) is 10.8. The van der Waals surface area contributed by atoms with Crippen LogP contribution in [0.15, 0.2) is 94.8 Å². The van der Waals surface area contributed by atoms with Gasteiger partial charge in [-0.2, -0.15) is 0 Å². The molecule has 0 atom stereocenters. The molecule has 0 aliphatic carbocycles. The number of aromatic amines is 2. The molecule has 6 aromatic rings. The van der Waals surface area contributed by atoms with E-state index in [0.717, 1.165) is 27.8 Å². The van der Waals surface area contributed by atoms with Crippen molar-refractivity contribution in [2.75, 3.05) is 0 Å². The van der Waals surface area contributed by atoms with E-state index >= 15 is 0 Å². The smallest absolute Gasteiger partial charge is 0.271 e. The minimum Gasteiger partial charge on any atom is -0.271 e. The molecular formula is C24H16Cl5N6O3P. The summed E-state index contributed by atoms with van der Waals surface area (Å²) in [6, 6.07) is 23.2. The molecule has 2 aromatic carbocycles. The normalized spacial score (nSPS) is 11.0. The van der Waals surface area contributed by atoms with Crippen LogP contribution >= 0.6 is 62.1 Å². The first kappa shape index (κ1) is 29.0. The molecule has 9 nitrogen and oxygen atoms in total. The molecule has 0 saturated carbocycles. The average Bonchev–Trinajstić information content (AvgIpc) is 3.49. The highest BCUT2D eigenvalue weighted by molar-refractivity contribution is 8.24. The number of halogens is 5. The van der Waals surface area contributed by atoms with Gasteiger partial charge in [-0.05, 0) is 68.6 Å². The predicted octanol–water partition coefficient (Wildman–Crippen LogP) is 7.50. The van der Waals surface area contributed by atoms with Crippen LogP contribution in [-0.4, -0.2) is 29.2 Å². The van der Waals surface area contributed by atoms with Crippen LogP contribution < -0.4 is 11.2 Å². The lowest BCUT2D eigenvalue weighted by Crippen LogP contribution is -2.25. The second-order valence-corrected chi connectivity index (χ2v) is 15.0. The maximum Gasteiger partial charge on any atom is 0.340 e. The third kappa shape index (κ3) is 7.54. The minimum absolute atomic E-state index is 0.137. The molecule has 0 fully saturated rings. The van der Waals surface area contributed by atoms with Crippen molar-refractivity contribution in [1.29, 1.82) is 0 Å². The minimum atomic E-state index is -3.22. The molecule has 0 saturated heterocycles. The van der Waals surface area contributed by atoms with Crippen molar-refractivity contribution >= 4 is 73.2 Å². The van der Waals surface area contributed by atoms with E-state index in [1.165, 1.54) is 4.52 Å². The highest BCUT2D eigenvalue weighted by atomic mass is 36.0. The molecule has 0 amide bonds. The Labute approximate surface area is 244 Å². The predicted molar refractivity (Wildman–Crippen MR) is 158 cm³/mol. The number of aromatic nitrogens is 6. The van der Waals surface area contributed by atoms with Gasteiger partial charge >= 0.3 is 10.9 Å². The largest absolute Gasteiger partial charge is 0.340 e. The lowest BCUT2D eigenvalue weighted by atomic mass is 10.1. The van der Waals surface area contributed by atoms with Gasteiger partial charge in [0.25, 0.3) is 5.56 Å². The van der Waals surface area contributed by atoms with E-state index in [2.05, 4.69) is 53.9 Å². The van der Waals surface area contributed by atoms with Gasteiger partial charge in [0.05, 0.1) is 0 Å². The zero-order valence-electron chi connectivity index (χ0n) is 19.4. The number of fused-ring (bicyclic) bond motifs is 2. The second kappa shape index (κ2) is 12.4. The first-order chi connectivity index (χ1) is 18.5. The molecular weight excluding hydrogens is 629 g/mol. The van der Waals surface area contributed by atoms with E-state index in [4.69, 9.17) is 23.2 Å². The Morgan fingerprint density at radius 2 is 1.26 bits per heavy atom. The molecule has 0 aliphatic heterocycles. The fourth-order valence-electron chi connectivity index (χ4n) is 3.71. The lowest BCUT2D eigenvalue weighted by Gasteiger charge is -2.01. The SMILES string of the molecule is Clc1nc(Cl)c2c(-c3ccccc3)ccn2n1.O=P(Cl)(Cl)Cl.O=c1[nH]c(=O)c2c(-c3ccccc3)ccn2[nH]1. The Kier molecular flexibility index (Phi) is 9.23. The summed E-state index contributed by atoms with van der Waals surface area (Å²) >= 11 is 25.7. The van der Waals surface area contributed by atoms with Crippen molar-refractivity contribution in [3.05, 3.63) is 116 Å². The number of hydrogen-bond donors (Lipinski definition) is 2. The maximum absolute atomic E-state index is 11.8. The van der Waals surface area contributed by atoms with Crippen molar-refractivity contribution in [3.8, 4) is 22.3 Å². The van der Waals surface area contributed by atoms with Crippen LogP contribution in [0.1, 0.15) is 0 Å². The molecule has 200 valence electrons. The van der Waals surface area contributed by atoms with E-state index in [-0.39, 0.29) is 5.28 Å². The van der Waals surface area contributed by atoms with Crippen LogP contribution in [0.25, 0.3) is 33.3 Å². The zero-order chi connectivity index (χ0) is 28.2.